The number of nitrogens with zero attached hydrogens (tertiary/aromatic N) is 2. The van der Waals surface area contributed by atoms with Gasteiger partial charge in [-0.1, -0.05) is 37.3 Å². The van der Waals surface area contributed by atoms with E-state index in [1.165, 1.54) is 5.56 Å². The molecule has 2 atom stereocenters. The third-order valence-corrected chi connectivity index (χ3v) is 5.31. The first-order valence-electron chi connectivity index (χ1n) is 8.75. The molecule has 1 aromatic carbocycles. The summed E-state index contributed by atoms with van der Waals surface area (Å²) in [5.74, 6) is 0.267. The molecule has 1 amide bonds. The number of carbonyl (C=O) groups is 1. The van der Waals surface area contributed by atoms with Crippen molar-refractivity contribution in [1.29, 1.82) is 0 Å². The quantitative estimate of drug-likeness (QED) is 0.856. The Bertz CT molecular complexity index is 533. The highest BCUT2D eigenvalue weighted by Crippen LogP contribution is 2.35. The van der Waals surface area contributed by atoms with Crippen molar-refractivity contribution in [2.24, 2.45) is 5.41 Å². The molecule has 0 aliphatic carbocycles. The summed E-state index contributed by atoms with van der Waals surface area (Å²) < 4.78 is 5.88. The molecule has 0 unspecified atom stereocenters. The van der Waals surface area contributed by atoms with Crippen molar-refractivity contribution in [1.82, 2.24) is 9.80 Å². The van der Waals surface area contributed by atoms with Gasteiger partial charge in [-0.05, 0) is 18.9 Å². The van der Waals surface area contributed by atoms with Crippen LogP contribution in [0.4, 0.5) is 0 Å². The van der Waals surface area contributed by atoms with Gasteiger partial charge >= 0.3 is 0 Å². The van der Waals surface area contributed by atoms with Crippen LogP contribution in [0.3, 0.4) is 0 Å². The van der Waals surface area contributed by atoms with Gasteiger partial charge in [0.05, 0.1) is 13.2 Å². The molecule has 126 valence electrons. The summed E-state index contributed by atoms with van der Waals surface area (Å²) in [5.41, 5.74) is 1.16. The third-order valence-electron chi connectivity index (χ3n) is 5.31. The molecular formula is C19H28N2O2. The molecule has 0 N–H and O–H groups in total. The van der Waals surface area contributed by atoms with Gasteiger partial charge in [0.15, 0.2) is 0 Å². The summed E-state index contributed by atoms with van der Waals surface area (Å²) in [7, 11) is 0. The molecule has 2 saturated heterocycles. The molecule has 23 heavy (non-hydrogen) atoms. The van der Waals surface area contributed by atoms with Crippen LogP contribution in [0.15, 0.2) is 30.3 Å². The van der Waals surface area contributed by atoms with Gasteiger partial charge in [-0.2, -0.15) is 0 Å². The minimum atomic E-state index is -0.0359. The van der Waals surface area contributed by atoms with E-state index in [0.29, 0.717) is 25.6 Å². The van der Waals surface area contributed by atoms with Crippen LogP contribution in [0.2, 0.25) is 0 Å². The number of amides is 1. The van der Waals surface area contributed by atoms with Crippen LogP contribution in [0.25, 0.3) is 0 Å². The summed E-state index contributed by atoms with van der Waals surface area (Å²) in [6, 6.07) is 10.8. The van der Waals surface area contributed by atoms with E-state index in [9.17, 15) is 4.79 Å². The smallest absolute Gasteiger partial charge is 0.223 e. The molecule has 0 saturated carbocycles. The Labute approximate surface area is 139 Å². The predicted octanol–water partition coefficient (Wildman–Crippen LogP) is 2.54. The molecule has 4 nitrogen and oxygen atoms in total. The van der Waals surface area contributed by atoms with Crippen LogP contribution < -0.4 is 0 Å². The highest BCUT2D eigenvalue weighted by molar-refractivity contribution is 5.79. The van der Waals surface area contributed by atoms with Gasteiger partial charge in [0.1, 0.15) is 0 Å². The summed E-state index contributed by atoms with van der Waals surface area (Å²) in [6.45, 7) is 9.46. The van der Waals surface area contributed by atoms with Gasteiger partial charge in [0.25, 0.3) is 0 Å². The highest BCUT2D eigenvalue weighted by Gasteiger charge is 2.45. The predicted molar refractivity (Wildman–Crippen MR) is 91.1 cm³/mol. The molecule has 1 spiro atoms. The number of ether oxygens (including phenoxy) is 1. The van der Waals surface area contributed by atoms with Crippen LogP contribution in [-0.4, -0.2) is 54.6 Å². The summed E-state index contributed by atoms with van der Waals surface area (Å²) in [6.07, 6.45) is 1.75. The lowest BCUT2D eigenvalue weighted by Gasteiger charge is -2.34. The van der Waals surface area contributed by atoms with Crippen LogP contribution in [-0.2, 0) is 16.1 Å². The number of carbonyl (C=O) groups excluding carboxylic acids is 1. The van der Waals surface area contributed by atoms with E-state index in [2.05, 4.69) is 30.9 Å². The molecule has 4 heteroatoms. The minimum Gasteiger partial charge on any atom is -0.379 e. The average Bonchev–Trinajstić information content (AvgIpc) is 2.73. The lowest BCUT2D eigenvalue weighted by molar-refractivity contribution is -0.128. The van der Waals surface area contributed by atoms with Crippen molar-refractivity contribution in [2.45, 2.75) is 39.3 Å². The standard InChI is InChI=1S/C19H28N2O2/c1-3-16(2)20-9-10-23-15-19(13-20)11-18(22)21(14-19)12-17-7-5-4-6-8-17/h4-8,16H,3,9-15H2,1-2H3/t16-,19-/m0/s1. The SMILES string of the molecule is CC[C@H](C)N1CCOC[C@@]2(CC(=O)N(Cc3ccccc3)C2)C1. The first kappa shape index (κ1) is 16.5. The fraction of sp³-hybridized carbons (Fsp3) is 0.632. The normalized spacial score (nSPS) is 27.4. The highest BCUT2D eigenvalue weighted by atomic mass is 16.5. The van der Waals surface area contributed by atoms with E-state index in [1.54, 1.807) is 0 Å². The molecule has 0 bridgehead atoms. The molecule has 3 rings (SSSR count). The van der Waals surface area contributed by atoms with Crippen LogP contribution in [0.1, 0.15) is 32.3 Å². The van der Waals surface area contributed by atoms with Gasteiger partial charge in [-0.15, -0.1) is 0 Å². The van der Waals surface area contributed by atoms with Crippen molar-refractivity contribution < 1.29 is 9.53 Å². The van der Waals surface area contributed by atoms with Gasteiger partial charge in [-0.3, -0.25) is 9.69 Å². The molecule has 0 aromatic heterocycles. The number of likely N-dealkylation sites (tertiary alicyclic amines) is 1. The van der Waals surface area contributed by atoms with Crippen LogP contribution in [0, 0.1) is 5.41 Å². The number of hydrogen-bond acceptors (Lipinski definition) is 3. The van der Waals surface area contributed by atoms with Gasteiger partial charge in [0.2, 0.25) is 5.91 Å². The molecular weight excluding hydrogens is 288 g/mol. The maximum Gasteiger partial charge on any atom is 0.223 e. The Kier molecular flexibility index (Phi) is 5.02. The Hall–Kier alpha value is -1.39. The first-order valence-corrected chi connectivity index (χ1v) is 8.75. The zero-order valence-corrected chi connectivity index (χ0v) is 14.3. The Morgan fingerprint density at radius 1 is 1.26 bits per heavy atom. The van der Waals surface area contributed by atoms with E-state index in [4.69, 9.17) is 4.74 Å². The second kappa shape index (κ2) is 7.02. The van der Waals surface area contributed by atoms with E-state index < -0.39 is 0 Å². The van der Waals surface area contributed by atoms with Crippen molar-refractivity contribution in [3.8, 4) is 0 Å². The topological polar surface area (TPSA) is 32.8 Å². The monoisotopic (exact) mass is 316 g/mol. The average molecular weight is 316 g/mol. The van der Waals surface area contributed by atoms with Crippen molar-refractivity contribution >= 4 is 5.91 Å². The van der Waals surface area contributed by atoms with E-state index in [1.807, 2.05) is 23.1 Å². The number of benzene rings is 1. The zero-order valence-electron chi connectivity index (χ0n) is 14.3. The fourth-order valence-corrected chi connectivity index (χ4v) is 3.79. The van der Waals surface area contributed by atoms with Crippen LogP contribution in [0.5, 0.6) is 0 Å². The van der Waals surface area contributed by atoms with Gasteiger partial charge < -0.3 is 9.64 Å². The maximum absolute atomic E-state index is 12.6. The number of hydrogen-bond donors (Lipinski definition) is 0. The van der Waals surface area contributed by atoms with E-state index in [-0.39, 0.29) is 11.3 Å². The summed E-state index contributed by atoms with van der Waals surface area (Å²) in [4.78, 5) is 17.1. The van der Waals surface area contributed by atoms with Crippen molar-refractivity contribution in [3.63, 3.8) is 0 Å². The van der Waals surface area contributed by atoms with Gasteiger partial charge in [0, 0.05) is 44.1 Å². The molecule has 0 radical (unpaired) electrons. The molecule has 2 fully saturated rings. The third kappa shape index (κ3) is 3.75. The van der Waals surface area contributed by atoms with E-state index >= 15 is 0 Å². The van der Waals surface area contributed by atoms with E-state index in [0.717, 1.165) is 32.7 Å². The Balaban J connectivity index is 1.71. The molecule has 2 heterocycles. The van der Waals surface area contributed by atoms with Gasteiger partial charge in [-0.25, -0.2) is 0 Å². The summed E-state index contributed by atoms with van der Waals surface area (Å²) >= 11 is 0. The second-order valence-corrected chi connectivity index (χ2v) is 7.19. The summed E-state index contributed by atoms with van der Waals surface area (Å²) in [5, 5.41) is 0. The minimum absolute atomic E-state index is 0.0359. The molecule has 2 aliphatic heterocycles. The molecule has 2 aliphatic rings. The second-order valence-electron chi connectivity index (χ2n) is 7.19. The maximum atomic E-state index is 12.6. The lowest BCUT2D eigenvalue weighted by Crippen LogP contribution is -2.44. The Morgan fingerprint density at radius 2 is 2.04 bits per heavy atom. The lowest BCUT2D eigenvalue weighted by atomic mass is 9.87. The largest absolute Gasteiger partial charge is 0.379 e. The van der Waals surface area contributed by atoms with Crippen LogP contribution >= 0.6 is 0 Å². The zero-order chi connectivity index (χ0) is 16.3. The fourth-order valence-electron chi connectivity index (χ4n) is 3.79. The van der Waals surface area contributed by atoms with Crippen molar-refractivity contribution in [3.05, 3.63) is 35.9 Å². The molecule has 1 aromatic rings. The number of rotatable bonds is 4. The first-order chi connectivity index (χ1) is 11.1. The Morgan fingerprint density at radius 3 is 2.78 bits per heavy atom. The van der Waals surface area contributed by atoms with Crippen molar-refractivity contribution in [2.75, 3.05) is 32.8 Å².